The first-order chi connectivity index (χ1) is 5.41. The Kier molecular flexibility index (Phi) is 10.0. The highest BCUT2D eigenvalue weighted by Crippen LogP contribution is 1.81. The summed E-state index contributed by atoms with van der Waals surface area (Å²) in [5.41, 5.74) is 5.26. The molecule has 0 aromatic heterocycles. The van der Waals surface area contributed by atoms with Gasteiger partial charge in [0.1, 0.15) is 0 Å². The zero-order valence-corrected chi connectivity index (χ0v) is 8.84. The van der Waals surface area contributed by atoms with E-state index < -0.39 is 0 Å². The minimum Gasteiger partial charge on any atom is -0.329 e. The molecular weight excluding hydrogens is 164 g/mol. The van der Waals surface area contributed by atoms with E-state index in [1.807, 2.05) is 0 Å². The molecule has 0 aliphatic rings. The normalized spacial score (nSPS) is 10.6. The monoisotopic (exact) mass is 180 g/mol. The third kappa shape index (κ3) is 10.0. The van der Waals surface area contributed by atoms with Crippen LogP contribution in [-0.4, -0.2) is 36.7 Å². The molecule has 0 unspecified atom stereocenters. The lowest BCUT2D eigenvalue weighted by atomic mass is 10.4. The van der Waals surface area contributed by atoms with Crippen LogP contribution >= 0.6 is 0 Å². The van der Waals surface area contributed by atoms with E-state index in [9.17, 15) is 0 Å². The second-order valence-electron chi connectivity index (χ2n) is 1.95. The van der Waals surface area contributed by atoms with Crippen molar-refractivity contribution < 1.29 is 14.5 Å². The lowest BCUT2D eigenvalue weighted by Crippen LogP contribution is -2.24. The molecule has 0 aliphatic carbocycles. The Morgan fingerprint density at radius 1 is 1.36 bits per heavy atom. The molecule has 68 valence electrons. The van der Waals surface area contributed by atoms with Gasteiger partial charge in [0.2, 0.25) is 0 Å². The van der Waals surface area contributed by atoms with Crippen LogP contribution in [0.4, 0.5) is 0 Å². The van der Waals surface area contributed by atoms with Crippen LogP contribution < -0.4 is 11.1 Å². The fourth-order valence-electron chi connectivity index (χ4n) is 0.565. The summed E-state index contributed by atoms with van der Waals surface area (Å²) in [6.45, 7) is 2.95. The Hall–Kier alpha value is 0.0169. The molecule has 0 aromatic rings. The predicted molar refractivity (Wildman–Crippen MR) is 44.6 cm³/mol. The molecule has 5 nitrogen and oxygen atoms in total. The van der Waals surface area contributed by atoms with E-state index in [1.165, 1.54) is 0 Å². The van der Waals surface area contributed by atoms with Gasteiger partial charge in [0, 0.05) is 13.1 Å². The summed E-state index contributed by atoms with van der Waals surface area (Å²) in [5, 5.41) is 7.37. The van der Waals surface area contributed by atoms with Crippen LogP contribution in [0, 0.1) is 0 Å². The summed E-state index contributed by atoms with van der Waals surface area (Å²) < 4.78 is 4.35. The van der Waals surface area contributed by atoms with Crippen LogP contribution in [-0.2, 0) is 14.5 Å². The molecule has 0 fully saturated rings. The van der Waals surface area contributed by atoms with Gasteiger partial charge in [0.05, 0.1) is 6.61 Å². The standard InChI is InChI=1S/C5H16N2O3Si/c6-2-4-7-3-1-5-8-9-10-11/h7H,1-6H2,11H3. The van der Waals surface area contributed by atoms with Gasteiger partial charge in [-0.05, 0) is 13.0 Å². The Balaban J connectivity index is 2.69. The van der Waals surface area contributed by atoms with Crippen molar-refractivity contribution in [3.63, 3.8) is 0 Å². The zero-order valence-electron chi connectivity index (χ0n) is 6.84. The Morgan fingerprint density at radius 3 is 2.82 bits per heavy atom. The molecule has 0 aromatic carbocycles. The second-order valence-corrected chi connectivity index (χ2v) is 2.28. The minimum absolute atomic E-state index is 0.530. The van der Waals surface area contributed by atoms with Crippen molar-refractivity contribution in [2.45, 2.75) is 6.42 Å². The van der Waals surface area contributed by atoms with Gasteiger partial charge in [-0.1, -0.05) is 5.04 Å². The Labute approximate surface area is 69.6 Å². The first kappa shape index (κ1) is 11.0. The molecule has 0 saturated carbocycles. The van der Waals surface area contributed by atoms with Gasteiger partial charge < -0.3 is 11.1 Å². The highest BCUT2D eigenvalue weighted by Gasteiger charge is 1.88. The highest BCUT2D eigenvalue weighted by molar-refractivity contribution is 5.97. The van der Waals surface area contributed by atoms with E-state index in [1.54, 1.807) is 0 Å². The van der Waals surface area contributed by atoms with Crippen molar-refractivity contribution in [3.8, 4) is 0 Å². The SMILES string of the molecule is NCCNCCCOOO[SiH3]. The fraction of sp³-hybridized carbons (Fsp3) is 1.00. The largest absolute Gasteiger partial charge is 0.329 e. The average molecular weight is 180 g/mol. The third-order valence-electron chi connectivity index (χ3n) is 1.02. The molecule has 11 heavy (non-hydrogen) atoms. The predicted octanol–water partition coefficient (Wildman–Crippen LogP) is -1.92. The van der Waals surface area contributed by atoms with Crippen molar-refractivity contribution >= 4 is 10.5 Å². The van der Waals surface area contributed by atoms with Gasteiger partial charge in [-0.2, -0.15) is 0 Å². The third-order valence-corrected chi connectivity index (χ3v) is 1.15. The molecule has 0 saturated heterocycles. The maximum atomic E-state index is 5.26. The van der Waals surface area contributed by atoms with Gasteiger partial charge in [-0.25, -0.2) is 4.89 Å². The maximum Gasteiger partial charge on any atom is 0.197 e. The molecule has 0 radical (unpaired) electrons. The smallest absolute Gasteiger partial charge is 0.197 e. The number of hydrogen-bond acceptors (Lipinski definition) is 5. The van der Waals surface area contributed by atoms with E-state index >= 15 is 0 Å². The summed E-state index contributed by atoms with van der Waals surface area (Å²) in [6, 6.07) is 0. The van der Waals surface area contributed by atoms with Crippen LogP contribution in [0.1, 0.15) is 6.42 Å². The van der Waals surface area contributed by atoms with Crippen LogP contribution in [0.15, 0.2) is 0 Å². The van der Waals surface area contributed by atoms with Crippen molar-refractivity contribution in [2.24, 2.45) is 5.73 Å². The van der Waals surface area contributed by atoms with Crippen molar-refractivity contribution in [3.05, 3.63) is 0 Å². The first-order valence-corrected chi connectivity index (χ1v) is 4.46. The van der Waals surface area contributed by atoms with Gasteiger partial charge in [0.25, 0.3) is 0 Å². The van der Waals surface area contributed by atoms with E-state index in [0.29, 0.717) is 23.6 Å². The lowest BCUT2D eigenvalue weighted by Gasteiger charge is -2.01. The minimum atomic E-state index is 0.530. The zero-order chi connectivity index (χ0) is 8.36. The molecule has 0 amide bonds. The number of rotatable bonds is 8. The van der Waals surface area contributed by atoms with E-state index in [0.717, 1.165) is 19.5 Å². The van der Waals surface area contributed by atoms with Crippen LogP contribution in [0.2, 0.25) is 0 Å². The maximum absolute atomic E-state index is 5.26. The Morgan fingerprint density at radius 2 is 2.18 bits per heavy atom. The first-order valence-electron chi connectivity index (χ1n) is 3.65. The van der Waals surface area contributed by atoms with Crippen molar-refractivity contribution in [2.75, 3.05) is 26.2 Å². The van der Waals surface area contributed by atoms with Crippen molar-refractivity contribution in [1.82, 2.24) is 5.32 Å². The molecule has 6 heteroatoms. The second kappa shape index (κ2) is 10.0. The summed E-state index contributed by atoms with van der Waals surface area (Å²) in [4.78, 5) is 4.60. The Bertz CT molecular complexity index is 68.7. The van der Waals surface area contributed by atoms with Crippen LogP contribution in [0.5, 0.6) is 0 Å². The molecule has 0 heterocycles. The van der Waals surface area contributed by atoms with E-state index in [2.05, 4.69) is 19.8 Å². The summed E-state index contributed by atoms with van der Waals surface area (Å²) >= 11 is 0. The molecule has 0 atom stereocenters. The molecule has 3 N–H and O–H groups in total. The molecular formula is C5H16N2O3Si. The number of nitrogens with one attached hydrogen (secondary N) is 1. The molecule has 0 spiro atoms. The van der Waals surface area contributed by atoms with Gasteiger partial charge in [0.15, 0.2) is 10.5 Å². The fourth-order valence-corrected chi connectivity index (χ4v) is 0.662. The van der Waals surface area contributed by atoms with E-state index in [4.69, 9.17) is 5.73 Å². The summed E-state index contributed by atoms with van der Waals surface area (Å²) in [6.07, 6.45) is 0.894. The summed E-state index contributed by atoms with van der Waals surface area (Å²) in [5.74, 6) is 0. The van der Waals surface area contributed by atoms with Gasteiger partial charge >= 0.3 is 0 Å². The lowest BCUT2D eigenvalue weighted by molar-refractivity contribution is -0.467. The quantitative estimate of drug-likeness (QED) is 0.197. The van der Waals surface area contributed by atoms with Crippen LogP contribution in [0.25, 0.3) is 0 Å². The molecule has 0 bridgehead atoms. The number of nitrogens with two attached hydrogens (primary N) is 1. The summed E-state index contributed by atoms with van der Waals surface area (Å²) in [7, 11) is 0.530. The van der Waals surface area contributed by atoms with Crippen molar-refractivity contribution in [1.29, 1.82) is 0 Å². The van der Waals surface area contributed by atoms with E-state index in [-0.39, 0.29) is 0 Å². The average Bonchev–Trinajstić information content (AvgIpc) is 2.03. The van der Waals surface area contributed by atoms with Crippen LogP contribution in [0.3, 0.4) is 0 Å². The topological polar surface area (TPSA) is 65.7 Å². The highest BCUT2D eigenvalue weighted by atomic mass is 28.2. The number of hydrogen-bond donors (Lipinski definition) is 2. The molecule has 0 rings (SSSR count). The molecule has 0 aliphatic heterocycles. The van der Waals surface area contributed by atoms with Gasteiger partial charge in [-0.3, -0.25) is 4.58 Å². The van der Waals surface area contributed by atoms with Gasteiger partial charge in [-0.15, -0.1) is 0 Å².